The Morgan fingerprint density at radius 1 is 1.28 bits per heavy atom. The van der Waals surface area contributed by atoms with E-state index >= 15 is 0 Å². The van der Waals surface area contributed by atoms with Crippen LogP contribution in [0.5, 0.6) is 0 Å². The van der Waals surface area contributed by atoms with Crippen molar-refractivity contribution >= 4 is 11.6 Å². The number of nitriles is 1. The molecule has 134 valence electrons. The molecule has 2 saturated heterocycles. The first-order valence-corrected chi connectivity index (χ1v) is 8.64. The maximum Gasteiger partial charge on any atom is 0.237 e. The third kappa shape index (κ3) is 4.26. The average molecular weight is 348 g/mol. The number of likely N-dealkylation sites (tertiary alicyclic amines) is 1. The van der Waals surface area contributed by atoms with Gasteiger partial charge >= 0.3 is 0 Å². The minimum atomic E-state index is -1.10. The van der Waals surface area contributed by atoms with E-state index in [-0.39, 0.29) is 37.3 Å². The second-order valence-electron chi connectivity index (χ2n) is 6.64. The molecule has 2 fully saturated rings. The summed E-state index contributed by atoms with van der Waals surface area (Å²) in [5.74, 6) is -0.459. The molecule has 2 aliphatic rings. The maximum atomic E-state index is 13.4. The standard InChI is InChI=1S/C18H22F2N4O/c19-13-1-3-16(4-2-13)23-7-5-15(6-8-23)22-11-18(25)24-12-14(20)9-17(24)10-21/h1-4,14-15,17,22H,5-9,11-12H2/t14-,17-/m0/s1. The van der Waals surface area contributed by atoms with Crippen LogP contribution in [0.4, 0.5) is 14.5 Å². The van der Waals surface area contributed by atoms with Crippen LogP contribution in [-0.4, -0.2) is 55.2 Å². The van der Waals surface area contributed by atoms with E-state index in [0.29, 0.717) is 0 Å². The number of hydrogen-bond donors (Lipinski definition) is 1. The number of piperidine rings is 1. The Morgan fingerprint density at radius 3 is 2.60 bits per heavy atom. The summed E-state index contributed by atoms with van der Waals surface area (Å²) in [5.41, 5.74) is 0.999. The lowest BCUT2D eigenvalue weighted by Gasteiger charge is -2.34. The van der Waals surface area contributed by atoms with Crippen LogP contribution >= 0.6 is 0 Å². The van der Waals surface area contributed by atoms with Gasteiger partial charge in [0.05, 0.1) is 19.2 Å². The van der Waals surface area contributed by atoms with Gasteiger partial charge in [-0.2, -0.15) is 5.26 Å². The Balaban J connectivity index is 1.44. The smallest absolute Gasteiger partial charge is 0.237 e. The van der Waals surface area contributed by atoms with Crippen molar-refractivity contribution in [1.29, 1.82) is 5.26 Å². The molecule has 1 aromatic rings. The SMILES string of the molecule is N#C[C@@H]1C[C@H](F)CN1C(=O)CNC1CCN(c2ccc(F)cc2)CC1. The zero-order valence-electron chi connectivity index (χ0n) is 14.0. The van der Waals surface area contributed by atoms with E-state index in [2.05, 4.69) is 10.2 Å². The molecule has 25 heavy (non-hydrogen) atoms. The van der Waals surface area contributed by atoms with Gasteiger partial charge in [0.1, 0.15) is 18.0 Å². The van der Waals surface area contributed by atoms with Crippen molar-refractivity contribution in [3.05, 3.63) is 30.1 Å². The number of halogens is 2. The minimum Gasteiger partial charge on any atom is -0.371 e. The quantitative estimate of drug-likeness (QED) is 0.902. The third-order valence-electron chi connectivity index (χ3n) is 4.95. The lowest BCUT2D eigenvalue weighted by atomic mass is 10.0. The van der Waals surface area contributed by atoms with E-state index in [1.165, 1.54) is 17.0 Å². The van der Waals surface area contributed by atoms with Gasteiger partial charge < -0.3 is 15.1 Å². The Morgan fingerprint density at radius 2 is 1.96 bits per heavy atom. The van der Waals surface area contributed by atoms with Gasteiger partial charge in [0.25, 0.3) is 0 Å². The second kappa shape index (κ2) is 7.79. The lowest BCUT2D eigenvalue weighted by molar-refractivity contribution is -0.130. The highest BCUT2D eigenvalue weighted by molar-refractivity contribution is 5.79. The Kier molecular flexibility index (Phi) is 5.49. The molecule has 2 heterocycles. The molecule has 0 saturated carbocycles. The Labute approximate surface area is 146 Å². The van der Waals surface area contributed by atoms with Gasteiger partial charge in [-0.1, -0.05) is 0 Å². The summed E-state index contributed by atoms with van der Waals surface area (Å²) in [5, 5.41) is 12.2. The van der Waals surface area contributed by atoms with Gasteiger partial charge in [0, 0.05) is 31.2 Å². The highest BCUT2D eigenvalue weighted by Gasteiger charge is 2.35. The molecule has 3 rings (SSSR count). The molecule has 0 spiro atoms. The number of benzene rings is 1. The molecule has 0 aromatic heterocycles. The fraction of sp³-hybridized carbons (Fsp3) is 0.556. The van der Waals surface area contributed by atoms with Crippen molar-refractivity contribution in [3.63, 3.8) is 0 Å². The largest absolute Gasteiger partial charge is 0.371 e. The number of nitrogens with zero attached hydrogens (tertiary/aromatic N) is 3. The summed E-state index contributed by atoms with van der Waals surface area (Å²) < 4.78 is 26.4. The van der Waals surface area contributed by atoms with Crippen molar-refractivity contribution in [3.8, 4) is 6.07 Å². The highest BCUT2D eigenvalue weighted by atomic mass is 19.1. The van der Waals surface area contributed by atoms with Crippen molar-refractivity contribution in [2.45, 2.75) is 37.5 Å². The van der Waals surface area contributed by atoms with E-state index in [4.69, 9.17) is 5.26 Å². The molecule has 5 nitrogen and oxygen atoms in total. The van der Waals surface area contributed by atoms with Crippen LogP contribution < -0.4 is 10.2 Å². The second-order valence-corrected chi connectivity index (χ2v) is 6.64. The van der Waals surface area contributed by atoms with E-state index in [0.717, 1.165) is 31.6 Å². The molecule has 0 unspecified atom stereocenters. The molecule has 2 atom stereocenters. The Bertz CT molecular complexity index is 637. The van der Waals surface area contributed by atoms with Gasteiger partial charge in [0.2, 0.25) is 5.91 Å². The average Bonchev–Trinajstić information content (AvgIpc) is 3.02. The molecule has 0 bridgehead atoms. The number of carbonyl (C=O) groups excluding carboxylic acids is 1. The van der Waals surface area contributed by atoms with Gasteiger partial charge in [0.15, 0.2) is 0 Å². The van der Waals surface area contributed by atoms with Crippen molar-refractivity contribution < 1.29 is 13.6 Å². The van der Waals surface area contributed by atoms with E-state index in [1.54, 1.807) is 12.1 Å². The fourth-order valence-corrected chi connectivity index (χ4v) is 3.51. The van der Waals surface area contributed by atoms with Crippen LogP contribution in [0.2, 0.25) is 0 Å². The summed E-state index contributed by atoms with van der Waals surface area (Å²) in [7, 11) is 0. The van der Waals surface area contributed by atoms with E-state index in [1.807, 2.05) is 6.07 Å². The van der Waals surface area contributed by atoms with Crippen molar-refractivity contribution in [1.82, 2.24) is 10.2 Å². The first-order chi connectivity index (χ1) is 12.1. The summed E-state index contributed by atoms with van der Waals surface area (Å²) in [6.07, 6.45) is 0.751. The van der Waals surface area contributed by atoms with Crippen LogP contribution in [0.1, 0.15) is 19.3 Å². The molecule has 0 aliphatic carbocycles. The minimum absolute atomic E-state index is 0.0156. The summed E-state index contributed by atoms with van der Waals surface area (Å²) in [6, 6.07) is 8.02. The number of anilines is 1. The topological polar surface area (TPSA) is 59.4 Å². The van der Waals surface area contributed by atoms with Gasteiger partial charge in [-0.15, -0.1) is 0 Å². The van der Waals surface area contributed by atoms with E-state index in [9.17, 15) is 13.6 Å². The van der Waals surface area contributed by atoms with Gasteiger partial charge in [-0.05, 0) is 37.1 Å². The van der Waals surface area contributed by atoms with Crippen LogP contribution in [0.3, 0.4) is 0 Å². The molecule has 1 amide bonds. The van der Waals surface area contributed by atoms with Crippen LogP contribution in [0.15, 0.2) is 24.3 Å². The number of alkyl halides is 1. The first kappa shape index (κ1) is 17.6. The third-order valence-corrected chi connectivity index (χ3v) is 4.95. The lowest BCUT2D eigenvalue weighted by Crippen LogP contribution is -2.47. The van der Waals surface area contributed by atoms with Gasteiger partial charge in [-0.3, -0.25) is 4.79 Å². The number of nitrogens with one attached hydrogen (secondary N) is 1. The number of carbonyl (C=O) groups is 1. The molecule has 0 radical (unpaired) electrons. The zero-order valence-corrected chi connectivity index (χ0v) is 14.0. The predicted octanol–water partition coefficient (Wildman–Crippen LogP) is 1.85. The van der Waals surface area contributed by atoms with Crippen LogP contribution in [0.25, 0.3) is 0 Å². The normalized spacial score (nSPS) is 24.4. The van der Waals surface area contributed by atoms with Crippen molar-refractivity contribution in [2.24, 2.45) is 0 Å². The molecule has 1 aromatic carbocycles. The summed E-state index contributed by atoms with van der Waals surface area (Å²) in [6.45, 7) is 1.80. The molecular weight excluding hydrogens is 326 g/mol. The van der Waals surface area contributed by atoms with E-state index < -0.39 is 12.2 Å². The number of hydrogen-bond acceptors (Lipinski definition) is 4. The Hall–Kier alpha value is -2.20. The summed E-state index contributed by atoms with van der Waals surface area (Å²) in [4.78, 5) is 15.8. The van der Waals surface area contributed by atoms with Crippen LogP contribution in [0, 0.1) is 17.1 Å². The number of rotatable bonds is 4. The van der Waals surface area contributed by atoms with Crippen LogP contribution in [-0.2, 0) is 4.79 Å². The molecule has 7 heteroatoms. The monoisotopic (exact) mass is 348 g/mol. The first-order valence-electron chi connectivity index (χ1n) is 8.64. The highest BCUT2D eigenvalue weighted by Crippen LogP contribution is 2.21. The molecular formula is C18H22F2N4O. The van der Waals surface area contributed by atoms with Crippen molar-refractivity contribution in [2.75, 3.05) is 31.1 Å². The fourth-order valence-electron chi connectivity index (χ4n) is 3.51. The number of amides is 1. The molecule has 1 N–H and O–H groups in total. The maximum absolute atomic E-state index is 13.4. The van der Waals surface area contributed by atoms with Gasteiger partial charge in [-0.25, -0.2) is 8.78 Å². The molecule has 2 aliphatic heterocycles. The predicted molar refractivity (Wildman–Crippen MR) is 90.3 cm³/mol. The zero-order chi connectivity index (χ0) is 17.8. The summed E-state index contributed by atoms with van der Waals surface area (Å²) >= 11 is 0.